The van der Waals surface area contributed by atoms with Crippen molar-refractivity contribution in [1.29, 1.82) is 0 Å². The molecule has 1 N–H and O–H groups in total. The van der Waals surface area contributed by atoms with Gasteiger partial charge in [-0.25, -0.2) is 4.52 Å². The van der Waals surface area contributed by atoms with Crippen molar-refractivity contribution >= 4 is 17.3 Å². The number of aryl methyl sites for hydroxylation is 1. The van der Waals surface area contributed by atoms with Crippen LogP contribution in [0.25, 0.3) is 16.9 Å². The van der Waals surface area contributed by atoms with E-state index in [-0.39, 0.29) is 0 Å². The molecule has 23 heavy (non-hydrogen) atoms. The number of anilines is 2. The molecule has 2 heterocycles. The number of rotatable bonds is 3. The summed E-state index contributed by atoms with van der Waals surface area (Å²) in [5.41, 5.74) is 4.72. The minimum atomic E-state index is 0.556. The fourth-order valence-corrected chi connectivity index (χ4v) is 2.52. The first-order valence-corrected chi connectivity index (χ1v) is 7.40. The van der Waals surface area contributed by atoms with Gasteiger partial charge in [-0.05, 0) is 24.6 Å². The first-order valence-electron chi connectivity index (χ1n) is 7.40. The molecule has 0 fully saturated rings. The Morgan fingerprint density at radius 2 is 1.87 bits per heavy atom. The van der Waals surface area contributed by atoms with Crippen LogP contribution < -0.4 is 5.32 Å². The van der Waals surface area contributed by atoms with E-state index in [1.54, 1.807) is 16.9 Å². The third kappa shape index (κ3) is 2.64. The van der Waals surface area contributed by atoms with E-state index >= 15 is 0 Å². The molecule has 112 valence electrons. The molecule has 4 rings (SSSR count). The van der Waals surface area contributed by atoms with Gasteiger partial charge in [0.2, 0.25) is 5.95 Å². The SMILES string of the molecule is Cc1cccc(Nc2nc3c(-c4ccccc4)nccn3n2)c1. The highest BCUT2D eigenvalue weighted by Crippen LogP contribution is 2.22. The smallest absolute Gasteiger partial charge is 0.247 e. The summed E-state index contributed by atoms with van der Waals surface area (Å²) in [6.07, 6.45) is 3.54. The quantitative estimate of drug-likeness (QED) is 0.624. The number of hydrogen-bond donors (Lipinski definition) is 1. The van der Waals surface area contributed by atoms with Gasteiger partial charge in [0.1, 0.15) is 5.69 Å². The molecule has 2 aromatic carbocycles. The van der Waals surface area contributed by atoms with Gasteiger partial charge in [-0.1, -0.05) is 42.5 Å². The molecular formula is C18H15N5. The van der Waals surface area contributed by atoms with Crippen LogP contribution in [0.1, 0.15) is 5.56 Å². The zero-order valence-electron chi connectivity index (χ0n) is 12.6. The maximum Gasteiger partial charge on any atom is 0.247 e. The highest BCUT2D eigenvalue weighted by atomic mass is 15.3. The van der Waals surface area contributed by atoms with Crippen LogP contribution in [-0.4, -0.2) is 19.6 Å². The predicted molar refractivity (Wildman–Crippen MR) is 90.7 cm³/mol. The van der Waals surface area contributed by atoms with Crippen molar-refractivity contribution in [2.24, 2.45) is 0 Å². The molecule has 0 spiro atoms. The van der Waals surface area contributed by atoms with E-state index < -0.39 is 0 Å². The second-order valence-electron chi connectivity index (χ2n) is 5.34. The summed E-state index contributed by atoms with van der Waals surface area (Å²) in [6.45, 7) is 2.06. The molecule has 0 aliphatic rings. The van der Waals surface area contributed by atoms with E-state index in [2.05, 4.69) is 39.4 Å². The van der Waals surface area contributed by atoms with Gasteiger partial charge in [0, 0.05) is 23.6 Å². The minimum Gasteiger partial charge on any atom is -0.323 e. The Bertz CT molecular complexity index is 959. The van der Waals surface area contributed by atoms with Crippen molar-refractivity contribution in [3.05, 3.63) is 72.6 Å². The summed E-state index contributed by atoms with van der Waals surface area (Å²) < 4.78 is 1.74. The lowest BCUT2D eigenvalue weighted by Gasteiger charge is -2.01. The van der Waals surface area contributed by atoms with Crippen molar-refractivity contribution in [3.63, 3.8) is 0 Å². The average Bonchev–Trinajstić information content (AvgIpc) is 2.98. The van der Waals surface area contributed by atoms with Gasteiger partial charge in [0.05, 0.1) is 0 Å². The van der Waals surface area contributed by atoms with Crippen LogP contribution in [0.2, 0.25) is 0 Å². The van der Waals surface area contributed by atoms with Gasteiger partial charge in [-0.2, -0.15) is 4.98 Å². The number of hydrogen-bond acceptors (Lipinski definition) is 4. The molecule has 0 aliphatic heterocycles. The van der Waals surface area contributed by atoms with E-state index in [1.807, 2.05) is 42.5 Å². The molecule has 0 saturated heterocycles. The van der Waals surface area contributed by atoms with E-state index in [1.165, 1.54) is 5.56 Å². The molecule has 0 unspecified atom stereocenters. The molecular weight excluding hydrogens is 286 g/mol. The summed E-state index contributed by atoms with van der Waals surface area (Å²) in [5, 5.41) is 7.72. The lowest BCUT2D eigenvalue weighted by atomic mass is 10.1. The van der Waals surface area contributed by atoms with Crippen LogP contribution in [0.5, 0.6) is 0 Å². The van der Waals surface area contributed by atoms with Gasteiger partial charge in [0.25, 0.3) is 0 Å². The average molecular weight is 301 g/mol. The lowest BCUT2D eigenvalue weighted by molar-refractivity contribution is 0.951. The summed E-state index contributed by atoms with van der Waals surface area (Å²) in [6, 6.07) is 18.1. The maximum atomic E-state index is 4.59. The molecule has 2 aromatic heterocycles. The summed E-state index contributed by atoms with van der Waals surface area (Å²) >= 11 is 0. The number of fused-ring (bicyclic) bond motifs is 1. The van der Waals surface area contributed by atoms with E-state index in [0.717, 1.165) is 22.6 Å². The standard InChI is InChI=1S/C18H15N5/c1-13-6-5-9-15(12-13)20-18-21-17-16(14-7-3-2-4-8-14)19-10-11-23(17)22-18/h2-12H,1H3,(H,20,22). The molecule has 0 saturated carbocycles. The Morgan fingerprint density at radius 1 is 1.00 bits per heavy atom. The third-order valence-corrected chi connectivity index (χ3v) is 3.58. The van der Waals surface area contributed by atoms with Crippen molar-refractivity contribution in [2.45, 2.75) is 6.92 Å². The van der Waals surface area contributed by atoms with Crippen LogP contribution in [0.4, 0.5) is 11.6 Å². The highest BCUT2D eigenvalue weighted by Gasteiger charge is 2.10. The topological polar surface area (TPSA) is 55.1 Å². The van der Waals surface area contributed by atoms with Crippen molar-refractivity contribution < 1.29 is 0 Å². The van der Waals surface area contributed by atoms with Gasteiger partial charge in [0.15, 0.2) is 5.65 Å². The Balaban J connectivity index is 1.76. The van der Waals surface area contributed by atoms with Crippen molar-refractivity contribution in [2.75, 3.05) is 5.32 Å². The van der Waals surface area contributed by atoms with Crippen LogP contribution in [0.3, 0.4) is 0 Å². The van der Waals surface area contributed by atoms with E-state index in [9.17, 15) is 0 Å². The van der Waals surface area contributed by atoms with Gasteiger partial charge < -0.3 is 5.32 Å². The fraction of sp³-hybridized carbons (Fsp3) is 0.0556. The number of benzene rings is 2. The first-order chi connectivity index (χ1) is 11.3. The summed E-state index contributed by atoms with van der Waals surface area (Å²) in [4.78, 5) is 9.05. The van der Waals surface area contributed by atoms with Crippen molar-refractivity contribution in [1.82, 2.24) is 19.6 Å². The first kappa shape index (κ1) is 13.5. The third-order valence-electron chi connectivity index (χ3n) is 3.58. The molecule has 0 radical (unpaired) electrons. The van der Waals surface area contributed by atoms with Gasteiger partial charge >= 0.3 is 0 Å². The molecule has 5 heteroatoms. The van der Waals surface area contributed by atoms with Gasteiger partial charge in [-0.15, -0.1) is 5.10 Å². The number of aromatic nitrogens is 4. The lowest BCUT2D eigenvalue weighted by Crippen LogP contribution is -1.93. The maximum absolute atomic E-state index is 4.59. The second-order valence-corrected chi connectivity index (χ2v) is 5.34. The van der Waals surface area contributed by atoms with E-state index in [0.29, 0.717) is 5.95 Å². The largest absolute Gasteiger partial charge is 0.323 e. The Hall–Kier alpha value is -3.21. The molecule has 0 amide bonds. The normalized spacial score (nSPS) is 10.8. The Morgan fingerprint density at radius 3 is 2.70 bits per heavy atom. The molecule has 4 aromatic rings. The summed E-state index contributed by atoms with van der Waals surface area (Å²) in [7, 11) is 0. The van der Waals surface area contributed by atoms with Gasteiger partial charge in [-0.3, -0.25) is 4.98 Å². The molecule has 5 nitrogen and oxygen atoms in total. The monoisotopic (exact) mass is 301 g/mol. The number of nitrogens with one attached hydrogen (secondary N) is 1. The Labute approximate surface area is 133 Å². The zero-order valence-corrected chi connectivity index (χ0v) is 12.6. The summed E-state index contributed by atoms with van der Waals surface area (Å²) in [5.74, 6) is 0.556. The zero-order chi connectivity index (χ0) is 15.6. The number of nitrogens with zero attached hydrogens (tertiary/aromatic N) is 4. The van der Waals surface area contributed by atoms with Crippen molar-refractivity contribution in [3.8, 4) is 11.3 Å². The fourth-order valence-electron chi connectivity index (χ4n) is 2.52. The predicted octanol–water partition coefficient (Wildman–Crippen LogP) is 3.84. The molecule has 0 bridgehead atoms. The van der Waals surface area contributed by atoms with E-state index in [4.69, 9.17) is 0 Å². The Kier molecular flexibility index (Phi) is 3.24. The second kappa shape index (κ2) is 5.53. The van der Waals surface area contributed by atoms with Crippen LogP contribution in [0.15, 0.2) is 67.0 Å². The van der Waals surface area contributed by atoms with Crippen LogP contribution >= 0.6 is 0 Å². The minimum absolute atomic E-state index is 0.556. The van der Waals surface area contributed by atoms with Crippen LogP contribution in [-0.2, 0) is 0 Å². The van der Waals surface area contributed by atoms with Crippen LogP contribution in [0, 0.1) is 6.92 Å². The molecule has 0 atom stereocenters. The highest BCUT2D eigenvalue weighted by molar-refractivity contribution is 5.74. The molecule has 0 aliphatic carbocycles.